The Balaban J connectivity index is 1.69. The van der Waals surface area contributed by atoms with E-state index in [-0.39, 0.29) is 5.91 Å². The third-order valence-corrected chi connectivity index (χ3v) is 6.47. The number of carbonyl (C=O) groups is 1. The fraction of sp³-hybridized carbons (Fsp3) is 0.182. The molecule has 6 nitrogen and oxygen atoms in total. The summed E-state index contributed by atoms with van der Waals surface area (Å²) in [4.78, 5) is 17.6. The van der Waals surface area contributed by atoms with Crippen LogP contribution in [0.5, 0.6) is 0 Å². The molecule has 0 radical (unpaired) electrons. The fourth-order valence-electron chi connectivity index (χ4n) is 3.20. The Morgan fingerprint density at radius 1 is 1.27 bits per heavy atom. The molecule has 4 rings (SSSR count). The number of thiophene rings is 1. The predicted molar refractivity (Wildman–Crippen MR) is 121 cm³/mol. The minimum atomic E-state index is -0.421. The number of aryl methyl sites for hydroxylation is 2. The van der Waals surface area contributed by atoms with Crippen molar-refractivity contribution in [1.29, 1.82) is 5.26 Å². The van der Waals surface area contributed by atoms with Crippen molar-refractivity contribution in [1.82, 2.24) is 14.6 Å². The highest BCUT2D eigenvalue weighted by molar-refractivity contribution is 8.00. The first-order valence-electron chi connectivity index (χ1n) is 9.35. The summed E-state index contributed by atoms with van der Waals surface area (Å²) in [6, 6.07) is 15.8. The van der Waals surface area contributed by atoms with Crippen LogP contribution in [0.25, 0.3) is 16.8 Å². The van der Waals surface area contributed by atoms with Crippen molar-refractivity contribution in [2.24, 2.45) is 0 Å². The fourth-order valence-corrected chi connectivity index (χ4v) is 4.80. The van der Waals surface area contributed by atoms with E-state index in [4.69, 9.17) is 10.2 Å². The van der Waals surface area contributed by atoms with Crippen LogP contribution in [-0.4, -0.2) is 25.8 Å². The lowest BCUT2D eigenvalue weighted by Crippen LogP contribution is -2.22. The van der Waals surface area contributed by atoms with Crippen LogP contribution < -0.4 is 5.32 Å². The van der Waals surface area contributed by atoms with Gasteiger partial charge in [0.1, 0.15) is 11.1 Å². The van der Waals surface area contributed by atoms with E-state index in [9.17, 15) is 4.79 Å². The maximum absolute atomic E-state index is 12.7. The summed E-state index contributed by atoms with van der Waals surface area (Å²) in [5.74, 6) is -0.179. The molecule has 1 aromatic carbocycles. The van der Waals surface area contributed by atoms with Gasteiger partial charge in [-0.05, 0) is 43.8 Å². The second-order valence-electron chi connectivity index (χ2n) is 6.86. The monoisotopic (exact) mass is 433 g/mol. The zero-order valence-electron chi connectivity index (χ0n) is 16.7. The summed E-state index contributed by atoms with van der Waals surface area (Å²) in [6.45, 7) is 5.81. The third kappa shape index (κ3) is 3.82. The molecule has 1 N–H and O–H groups in total. The number of nitrogens with zero attached hydrogens (tertiary/aromatic N) is 4. The smallest absolute Gasteiger partial charge is 0.238 e. The standard InChI is InChI=1S/C22H19N5OS2/c1-13-11-14(2)26-27-19(13)18(16-7-5-4-6-8-16)24-22(27)30-15(3)20(28)25-21-17(12-23)9-10-29-21/h4-11,15H,1-3H3,(H,25,28)/t15-/m1/s1. The van der Waals surface area contributed by atoms with E-state index in [2.05, 4.69) is 16.5 Å². The molecule has 8 heteroatoms. The summed E-state index contributed by atoms with van der Waals surface area (Å²) in [5.41, 5.74) is 5.22. The van der Waals surface area contributed by atoms with Crippen LogP contribution in [0.4, 0.5) is 5.00 Å². The molecule has 0 aliphatic carbocycles. The maximum Gasteiger partial charge on any atom is 0.238 e. The predicted octanol–water partition coefficient (Wildman–Crippen LogP) is 5.07. The van der Waals surface area contributed by atoms with Gasteiger partial charge in [-0.1, -0.05) is 42.1 Å². The molecule has 0 spiro atoms. The number of hydrogen-bond donors (Lipinski definition) is 1. The van der Waals surface area contributed by atoms with E-state index in [1.54, 1.807) is 11.4 Å². The van der Waals surface area contributed by atoms with Crippen molar-refractivity contribution in [3.63, 3.8) is 0 Å². The van der Waals surface area contributed by atoms with E-state index >= 15 is 0 Å². The van der Waals surface area contributed by atoms with Gasteiger partial charge in [0.2, 0.25) is 5.91 Å². The van der Waals surface area contributed by atoms with Crippen molar-refractivity contribution in [3.8, 4) is 17.3 Å². The van der Waals surface area contributed by atoms with E-state index in [0.717, 1.165) is 28.0 Å². The van der Waals surface area contributed by atoms with Gasteiger partial charge in [0.05, 0.1) is 27.7 Å². The molecule has 0 saturated heterocycles. The third-order valence-electron chi connectivity index (χ3n) is 4.60. The molecule has 3 aromatic heterocycles. The second-order valence-corrected chi connectivity index (χ2v) is 9.09. The van der Waals surface area contributed by atoms with Gasteiger partial charge in [-0.25, -0.2) is 9.50 Å². The highest BCUT2D eigenvalue weighted by Gasteiger charge is 2.22. The van der Waals surface area contributed by atoms with Crippen molar-refractivity contribution in [2.75, 3.05) is 5.32 Å². The molecule has 0 aliphatic heterocycles. The molecule has 0 bridgehead atoms. The Morgan fingerprint density at radius 3 is 2.77 bits per heavy atom. The van der Waals surface area contributed by atoms with Gasteiger partial charge in [0.15, 0.2) is 5.16 Å². The van der Waals surface area contributed by atoms with E-state index in [0.29, 0.717) is 15.7 Å². The lowest BCUT2D eigenvalue weighted by atomic mass is 10.1. The Bertz CT molecular complexity index is 1270. The van der Waals surface area contributed by atoms with E-state index in [1.807, 2.05) is 61.7 Å². The SMILES string of the molecule is Cc1cc(C)c2c(-c3ccccc3)nc(S[C@H](C)C(=O)Nc3sccc3C#N)n2n1. The van der Waals surface area contributed by atoms with Crippen LogP contribution in [0, 0.1) is 25.2 Å². The average Bonchev–Trinajstić information content (AvgIpc) is 3.33. The van der Waals surface area contributed by atoms with Gasteiger partial charge >= 0.3 is 0 Å². The lowest BCUT2D eigenvalue weighted by molar-refractivity contribution is -0.115. The molecule has 1 amide bonds. The number of nitrogens with one attached hydrogen (secondary N) is 1. The molecule has 0 aliphatic rings. The Hall–Kier alpha value is -3.15. The molecular weight excluding hydrogens is 414 g/mol. The number of hydrogen-bond acceptors (Lipinski definition) is 6. The molecular formula is C22H19N5OS2. The molecule has 3 heterocycles. The number of rotatable bonds is 5. The minimum absolute atomic E-state index is 0.179. The van der Waals surface area contributed by atoms with Crippen LogP contribution >= 0.6 is 23.1 Å². The zero-order chi connectivity index (χ0) is 21.3. The Morgan fingerprint density at radius 2 is 2.03 bits per heavy atom. The van der Waals surface area contributed by atoms with E-state index in [1.165, 1.54) is 23.1 Å². The van der Waals surface area contributed by atoms with Gasteiger partial charge in [-0.15, -0.1) is 11.3 Å². The number of thioether (sulfide) groups is 1. The summed E-state index contributed by atoms with van der Waals surface area (Å²) >= 11 is 2.69. The number of benzene rings is 1. The van der Waals surface area contributed by atoms with Crippen molar-refractivity contribution in [3.05, 3.63) is 64.7 Å². The van der Waals surface area contributed by atoms with Crippen LogP contribution in [0.3, 0.4) is 0 Å². The van der Waals surface area contributed by atoms with Crippen LogP contribution in [-0.2, 0) is 4.79 Å². The van der Waals surface area contributed by atoms with Crippen LogP contribution in [0.1, 0.15) is 23.7 Å². The highest BCUT2D eigenvalue weighted by Crippen LogP contribution is 2.33. The second kappa shape index (κ2) is 8.30. The number of amides is 1. The number of anilines is 1. The molecule has 0 saturated carbocycles. The Kier molecular flexibility index (Phi) is 5.57. The number of imidazole rings is 1. The van der Waals surface area contributed by atoms with Crippen molar-refractivity contribution in [2.45, 2.75) is 31.2 Å². The zero-order valence-corrected chi connectivity index (χ0v) is 18.3. The number of fused-ring (bicyclic) bond motifs is 1. The normalized spacial score (nSPS) is 11.9. The summed E-state index contributed by atoms with van der Waals surface area (Å²) in [5, 5.41) is 19.3. The molecule has 4 aromatic rings. The van der Waals surface area contributed by atoms with Gasteiger partial charge in [-0.2, -0.15) is 10.4 Å². The topological polar surface area (TPSA) is 83.1 Å². The Labute approximate surface area is 182 Å². The van der Waals surface area contributed by atoms with Crippen LogP contribution in [0.15, 0.2) is 53.0 Å². The first-order chi connectivity index (χ1) is 14.5. The molecule has 30 heavy (non-hydrogen) atoms. The highest BCUT2D eigenvalue weighted by atomic mass is 32.2. The summed E-state index contributed by atoms with van der Waals surface area (Å²) < 4.78 is 1.83. The lowest BCUT2D eigenvalue weighted by Gasteiger charge is -2.10. The number of nitriles is 1. The van der Waals surface area contributed by atoms with E-state index < -0.39 is 5.25 Å². The van der Waals surface area contributed by atoms with Gasteiger partial charge in [0, 0.05) is 5.56 Å². The molecule has 1 atom stereocenters. The average molecular weight is 434 g/mol. The summed E-state index contributed by atoms with van der Waals surface area (Å²) in [7, 11) is 0. The molecule has 0 fully saturated rings. The first-order valence-corrected chi connectivity index (χ1v) is 11.1. The van der Waals surface area contributed by atoms with Gasteiger partial charge in [-0.3, -0.25) is 4.79 Å². The molecule has 0 unspecified atom stereocenters. The largest absolute Gasteiger partial charge is 0.316 e. The first kappa shape index (κ1) is 20.1. The number of aromatic nitrogens is 3. The van der Waals surface area contributed by atoms with Crippen molar-refractivity contribution >= 4 is 39.5 Å². The number of carbonyl (C=O) groups excluding carboxylic acids is 1. The minimum Gasteiger partial charge on any atom is -0.316 e. The van der Waals surface area contributed by atoms with Crippen LogP contribution in [0.2, 0.25) is 0 Å². The maximum atomic E-state index is 12.7. The molecule has 150 valence electrons. The van der Waals surface area contributed by atoms with Crippen molar-refractivity contribution < 1.29 is 4.79 Å². The van der Waals surface area contributed by atoms with Gasteiger partial charge in [0.25, 0.3) is 0 Å². The quantitative estimate of drug-likeness (QED) is 0.445. The van der Waals surface area contributed by atoms with Gasteiger partial charge < -0.3 is 5.32 Å². The summed E-state index contributed by atoms with van der Waals surface area (Å²) in [6.07, 6.45) is 0.